The van der Waals surface area contributed by atoms with E-state index in [0.29, 0.717) is 27.7 Å². The monoisotopic (exact) mass is 464 g/mol. The number of H-pyrrole nitrogens is 1. The fourth-order valence-corrected chi connectivity index (χ4v) is 3.47. The van der Waals surface area contributed by atoms with E-state index in [9.17, 15) is 9.59 Å². The van der Waals surface area contributed by atoms with Gasteiger partial charge in [-0.15, -0.1) is 0 Å². The molecule has 0 aliphatic rings. The molecule has 3 aromatic heterocycles. The smallest absolute Gasteiger partial charge is 0.253 e. The molecule has 1 aromatic carbocycles. The Morgan fingerprint density at radius 3 is 2.79 bits per heavy atom. The van der Waals surface area contributed by atoms with Crippen molar-refractivity contribution in [3.63, 3.8) is 0 Å². The molecule has 33 heavy (non-hydrogen) atoms. The molecule has 3 heterocycles. The standard InChI is InChI=1S/C23H21ClN6O3/c1-13(27-23-26-8-6-21(30-23)28-14(2)31)17-9-15-10-18(24)20(11-19(15)29-22(17)32)33-12-16-5-3-4-7-25-16/h3-11,13H,12H2,1-2H3,(H,29,32)(H2,26,27,28,30,31)/t13-/m0/s1. The van der Waals surface area contributed by atoms with Crippen LogP contribution < -0.4 is 20.9 Å². The molecule has 0 aliphatic carbocycles. The van der Waals surface area contributed by atoms with Gasteiger partial charge in [0, 0.05) is 36.3 Å². The van der Waals surface area contributed by atoms with Crippen molar-refractivity contribution in [3.05, 3.63) is 81.5 Å². The van der Waals surface area contributed by atoms with Crippen LogP contribution in [-0.2, 0) is 11.4 Å². The van der Waals surface area contributed by atoms with Gasteiger partial charge in [0.2, 0.25) is 11.9 Å². The Morgan fingerprint density at radius 2 is 2.03 bits per heavy atom. The molecule has 4 rings (SSSR count). The van der Waals surface area contributed by atoms with Crippen LogP contribution in [0.15, 0.2) is 59.7 Å². The van der Waals surface area contributed by atoms with Crippen molar-refractivity contribution < 1.29 is 9.53 Å². The number of benzene rings is 1. The summed E-state index contributed by atoms with van der Waals surface area (Å²) in [6, 6.07) is 11.9. The number of rotatable bonds is 7. The third-order valence-corrected chi connectivity index (χ3v) is 5.09. The zero-order chi connectivity index (χ0) is 23.4. The van der Waals surface area contributed by atoms with Crippen LogP contribution in [0.1, 0.15) is 31.1 Å². The zero-order valence-electron chi connectivity index (χ0n) is 17.9. The number of hydrogen-bond acceptors (Lipinski definition) is 7. The van der Waals surface area contributed by atoms with Crippen molar-refractivity contribution in [2.75, 3.05) is 10.6 Å². The van der Waals surface area contributed by atoms with Gasteiger partial charge in [-0.2, -0.15) is 4.98 Å². The molecule has 1 atom stereocenters. The van der Waals surface area contributed by atoms with Crippen LogP contribution in [0.3, 0.4) is 0 Å². The number of aromatic amines is 1. The van der Waals surface area contributed by atoms with Crippen LogP contribution in [0.5, 0.6) is 5.75 Å². The van der Waals surface area contributed by atoms with Gasteiger partial charge in [0.05, 0.1) is 22.3 Å². The second kappa shape index (κ2) is 9.66. The summed E-state index contributed by atoms with van der Waals surface area (Å²) in [5.74, 6) is 0.862. The number of anilines is 2. The zero-order valence-corrected chi connectivity index (χ0v) is 18.7. The number of ether oxygens (including phenoxy) is 1. The molecule has 0 unspecified atom stereocenters. The first-order chi connectivity index (χ1) is 15.9. The fourth-order valence-electron chi connectivity index (χ4n) is 3.24. The lowest BCUT2D eigenvalue weighted by atomic mass is 10.1. The summed E-state index contributed by atoms with van der Waals surface area (Å²) in [6.07, 6.45) is 3.21. The number of amides is 1. The van der Waals surface area contributed by atoms with Crippen molar-refractivity contribution in [1.29, 1.82) is 0 Å². The molecule has 0 saturated carbocycles. The maximum absolute atomic E-state index is 12.8. The molecule has 10 heteroatoms. The van der Waals surface area contributed by atoms with Crippen LogP contribution in [0, 0.1) is 0 Å². The first kappa shape index (κ1) is 22.2. The minimum absolute atomic E-state index is 0.237. The Bertz CT molecular complexity index is 1360. The van der Waals surface area contributed by atoms with E-state index in [1.54, 1.807) is 30.5 Å². The third kappa shape index (κ3) is 5.45. The lowest BCUT2D eigenvalue weighted by molar-refractivity contribution is -0.114. The van der Waals surface area contributed by atoms with Crippen LogP contribution in [-0.4, -0.2) is 25.8 Å². The Labute approximate surface area is 194 Å². The van der Waals surface area contributed by atoms with Gasteiger partial charge in [0.15, 0.2) is 0 Å². The molecule has 4 aromatic rings. The number of aromatic nitrogens is 4. The highest BCUT2D eigenvalue weighted by molar-refractivity contribution is 6.32. The Hall–Kier alpha value is -3.98. The molecule has 168 valence electrons. The SMILES string of the molecule is CC(=O)Nc1ccnc(N[C@@H](C)c2cc3cc(Cl)c(OCc4ccccn4)cc3[nH]c2=O)n1. The van der Waals surface area contributed by atoms with E-state index in [2.05, 4.69) is 30.6 Å². The van der Waals surface area contributed by atoms with Gasteiger partial charge in [-0.05, 0) is 37.3 Å². The topological polar surface area (TPSA) is 122 Å². The van der Waals surface area contributed by atoms with Gasteiger partial charge < -0.3 is 20.4 Å². The maximum atomic E-state index is 12.8. The summed E-state index contributed by atoms with van der Waals surface area (Å²) in [7, 11) is 0. The second-order valence-electron chi connectivity index (χ2n) is 7.35. The van der Waals surface area contributed by atoms with Gasteiger partial charge in [-0.25, -0.2) is 4.98 Å². The van der Waals surface area contributed by atoms with E-state index >= 15 is 0 Å². The molecule has 0 bridgehead atoms. The predicted octanol–water partition coefficient (Wildman–Crippen LogP) is 4.08. The van der Waals surface area contributed by atoms with Crippen molar-refractivity contribution >= 4 is 40.2 Å². The number of carbonyl (C=O) groups excluding carboxylic acids is 1. The Kier molecular flexibility index (Phi) is 6.50. The molecule has 9 nitrogen and oxygen atoms in total. The normalized spacial score (nSPS) is 11.7. The van der Waals surface area contributed by atoms with E-state index in [4.69, 9.17) is 16.3 Å². The third-order valence-electron chi connectivity index (χ3n) is 4.80. The second-order valence-corrected chi connectivity index (χ2v) is 7.75. The molecular weight excluding hydrogens is 444 g/mol. The Morgan fingerprint density at radius 1 is 1.18 bits per heavy atom. The summed E-state index contributed by atoms with van der Waals surface area (Å²) >= 11 is 6.42. The van der Waals surface area contributed by atoms with E-state index in [0.717, 1.165) is 11.1 Å². The van der Waals surface area contributed by atoms with Crippen LogP contribution in [0.2, 0.25) is 5.02 Å². The highest BCUT2D eigenvalue weighted by Gasteiger charge is 2.15. The van der Waals surface area contributed by atoms with Crippen molar-refractivity contribution in [2.45, 2.75) is 26.5 Å². The summed E-state index contributed by atoms with van der Waals surface area (Å²) in [4.78, 5) is 39.5. The summed E-state index contributed by atoms with van der Waals surface area (Å²) in [5.41, 5.74) is 1.58. The molecule has 0 aliphatic heterocycles. The van der Waals surface area contributed by atoms with E-state index in [1.807, 2.05) is 25.1 Å². The molecule has 0 saturated heterocycles. The number of fused-ring (bicyclic) bond motifs is 1. The molecule has 0 fully saturated rings. The number of carbonyl (C=O) groups is 1. The number of pyridine rings is 2. The molecule has 3 N–H and O–H groups in total. The first-order valence-electron chi connectivity index (χ1n) is 10.2. The number of halogens is 1. The molecule has 0 radical (unpaired) electrons. The van der Waals surface area contributed by atoms with Crippen LogP contribution >= 0.6 is 11.6 Å². The minimum atomic E-state index is -0.412. The van der Waals surface area contributed by atoms with E-state index in [-0.39, 0.29) is 24.0 Å². The van der Waals surface area contributed by atoms with Crippen LogP contribution in [0.25, 0.3) is 10.9 Å². The number of nitrogens with zero attached hydrogens (tertiary/aromatic N) is 3. The lowest BCUT2D eigenvalue weighted by Crippen LogP contribution is -2.20. The summed E-state index contributed by atoms with van der Waals surface area (Å²) in [5, 5.41) is 6.85. The van der Waals surface area contributed by atoms with Gasteiger partial charge in [-0.1, -0.05) is 17.7 Å². The van der Waals surface area contributed by atoms with Crippen molar-refractivity contribution in [2.24, 2.45) is 0 Å². The van der Waals surface area contributed by atoms with Crippen LogP contribution in [0.4, 0.5) is 11.8 Å². The first-order valence-corrected chi connectivity index (χ1v) is 10.5. The Balaban J connectivity index is 1.56. The molecule has 0 spiro atoms. The maximum Gasteiger partial charge on any atom is 0.253 e. The largest absolute Gasteiger partial charge is 0.486 e. The average molecular weight is 465 g/mol. The predicted molar refractivity (Wildman–Crippen MR) is 127 cm³/mol. The number of hydrogen-bond donors (Lipinski definition) is 3. The van der Waals surface area contributed by atoms with E-state index < -0.39 is 6.04 Å². The quantitative estimate of drug-likeness (QED) is 0.376. The number of nitrogens with one attached hydrogen (secondary N) is 3. The lowest BCUT2D eigenvalue weighted by Gasteiger charge is -2.15. The fraction of sp³-hybridized carbons (Fsp3) is 0.174. The van der Waals surface area contributed by atoms with Crippen molar-refractivity contribution in [3.8, 4) is 5.75 Å². The minimum Gasteiger partial charge on any atom is -0.486 e. The summed E-state index contributed by atoms with van der Waals surface area (Å²) < 4.78 is 5.79. The summed E-state index contributed by atoms with van der Waals surface area (Å²) in [6.45, 7) is 3.47. The highest BCUT2D eigenvalue weighted by Crippen LogP contribution is 2.30. The van der Waals surface area contributed by atoms with Gasteiger partial charge in [-0.3, -0.25) is 14.6 Å². The van der Waals surface area contributed by atoms with Gasteiger partial charge in [0.1, 0.15) is 18.2 Å². The molecule has 1 amide bonds. The highest BCUT2D eigenvalue weighted by atomic mass is 35.5. The van der Waals surface area contributed by atoms with Gasteiger partial charge >= 0.3 is 0 Å². The van der Waals surface area contributed by atoms with E-state index in [1.165, 1.54) is 13.1 Å². The van der Waals surface area contributed by atoms with Crippen molar-refractivity contribution in [1.82, 2.24) is 19.9 Å². The average Bonchev–Trinajstić information content (AvgIpc) is 2.78. The van der Waals surface area contributed by atoms with Gasteiger partial charge in [0.25, 0.3) is 5.56 Å². The molecular formula is C23H21ClN6O3.